The third-order valence-electron chi connectivity index (χ3n) is 6.92. The maximum atomic E-state index is 12.4. The Labute approximate surface area is 157 Å². The van der Waals surface area contributed by atoms with Crippen LogP contribution in [0, 0.1) is 27.4 Å². The number of benzene rings is 1. The first-order chi connectivity index (χ1) is 12.6. The topological polar surface area (TPSA) is 130 Å². The summed E-state index contributed by atoms with van der Waals surface area (Å²) in [7, 11) is -4.35. The molecule has 146 valence electrons. The van der Waals surface area contributed by atoms with Gasteiger partial charge in [0, 0.05) is 17.9 Å². The summed E-state index contributed by atoms with van der Waals surface area (Å²) in [5.41, 5.74) is 1.11. The highest BCUT2D eigenvalue weighted by Gasteiger charge is 2.54. The Hall–Kier alpha value is -2.00. The van der Waals surface area contributed by atoms with Gasteiger partial charge in [-0.15, -0.1) is 0 Å². The average Bonchev–Trinajstić information content (AvgIpc) is 2.87. The Morgan fingerprint density at radius 3 is 2.67 bits per heavy atom. The quantitative estimate of drug-likeness (QED) is 0.619. The summed E-state index contributed by atoms with van der Waals surface area (Å²) in [6.07, 6.45) is 4.68. The number of Topliss-reactive ketones (excluding diaryl/α,β-unsaturated/α-hetero) is 1. The highest BCUT2D eigenvalue weighted by Crippen LogP contribution is 2.60. The summed E-state index contributed by atoms with van der Waals surface area (Å²) in [5.74, 6) is 0.805. The zero-order valence-electron chi connectivity index (χ0n) is 15.0. The second-order valence-corrected chi connectivity index (χ2v) is 9.34. The van der Waals surface area contributed by atoms with Crippen molar-refractivity contribution in [2.75, 3.05) is 0 Å². The molecule has 2 saturated carbocycles. The minimum atomic E-state index is -4.35. The maximum absolute atomic E-state index is 12.4. The number of hydrogen-bond donors (Lipinski definition) is 1. The van der Waals surface area contributed by atoms with E-state index in [1.165, 1.54) is 12.1 Å². The van der Waals surface area contributed by atoms with Crippen LogP contribution in [0.1, 0.15) is 56.1 Å². The van der Waals surface area contributed by atoms with Gasteiger partial charge in [-0.05, 0) is 67.1 Å². The third kappa shape index (κ3) is 2.93. The SMILES string of the molecule is CC12CCC3c4cc([N+](=O)[O-])c(OS(N)(=O)=O)cc4CCC3C1CCC2=O. The van der Waals surface area contributed by atoms with Gasteiger partial charge < -0.3 is 4.18 Å². The first-order valence-corrected chi connectivity index (χ1v) is 10.6. The number of nitrogens with zero attached hydrogens (tertiary/aromatic N) is 1. The van der Waals surface area contributed by atoms with Crippen molar-refractivity contribution in [1.82, 2.24) is 0 Å². The largest absolute Gasteiger partial charge is 0.380 e. The van der Waals surface area contributed by atoms with Crippen LogP contribution in [-0.2, 0) is 21.5 Å². The number of nitrogens with two attached hydrogens (primary N) is 1. The number of hydrogen-bond acceptors (Lipinski definition) is 6. The Morgan fingerprint density at radius 1 is 1.26 bits per heavy atom. The summed E-state index contributed by atoms with van der Waals surface area (Å²) in [6, 6.07) is 2.90. The van der Waals surface area contributed by atoms with Crippen molar-refractivity contribution in [3.05, 3.63) is 33.4 Å². The zero-order valence-corrected chi connectivity index (χ0v) is 15.8. The molecule has 0 amide bonds. The molecule has 0 bridgehead atoms. The van der Waals surface area contributed by atoms with Gasteiger partial charge in [-0.2, -0.15) is 13.6 Å². The number of ketones is 1. The molecular formula is C18H22N2O6S. The molecule has 0 spiro atoms. The zero-order chi connectivity index (χ0) is 19.6. The minimum absolute atomic E-state index is 0.153. The fourth-order valence-corrected chi connectivity index (χ4v) is 6.08. The number of aryl methyl sites for hydroxylation is 1. The van der Waals surface area contributed by atoms with Gasteiger partial charge in [0.05, 0.1) is 4.92 Å². The van der Waals surface area contributed by atoms with Crippen molar-refractivity contribution in [3.8, 4) is 5.75 Å². The van der Waals surface area contributed by atoms with Crippen molar-refractivity contribution in [2.45, 2.75) is 51.4 Å². The van der Waals surface area contributed by atoms with Crippen molar-refractivity contribution in [2.24, 2.45) is 22.4 Å². The number of fused-ring (bicyclic) bond motifs is 5. The molecule has 4 rings (SSSR count). The lowest BCUT2D eigenvalue weighted by atomic mass is 9.55. The van der Waals surface area contributed by atoms with Gasteiger partial charge in [0.25, 0.3) is 0 Å². The van der Waals surface area contributed by atoms with Gasteiger partial charge in [-0.25, -0.2) is 0 Å². The second kappa shape index (κ2) is 6.00. The van der Waals surface area contributed by atoms with Crippen LogP contribution in [0.4, 0.5) is 5.69 Å². The van der Waals surface area contributed by atoms with Crippen molar-refractivity contribution in [3.63, 3.8) is 0 Å². The summed E-state index contributed by atoms with van der Waals surface area (Å²) in [4.78, 5) is 23.2. The lowest BCUT2D eigenvalue weighted by Crippen LogP contribution is -2.42. The van der Waals surface area contributed by atoms with Crippen molar-refractivity contribution < 1.29 is 22.3 Å². The molecule has 0 radical (unpaired) electrons. The van der Waals surface area contributed by atoms with E-state index in [-0.39, 0.29) is 22.8 Å². The van der Waals surface area contributed by atoms with Crippen LogP contribution in [0.25, 0.3) is 0 Å². The molecule has 4 unspecified atom stereocenters. The molecule has 3 aliphatic rings. The highest BCUT2D eigenvalue weighted by molar-refractivity contribution is 7.84. The van der Waals surface area contributed by atoms with E-state index in [9.17, 15) is 23.3 Å². The van der Waals surface area contributed by atoms with Crippen LogP contribution in [0.15, 0.2) is 12.1 Å². The number of nitro groups is 1. The third-order valence-corrected chi connectivity index (χ3v) is 7.33. The average molecular weight is 394 g/mol. The molecular weight excluding hydrogens is 372 g/mol. The number of nitro benzene ring substituents is 1. The van der Waals surface area contributed by atoms with E-state index in [4.69, 9.17) is 5.14 Å². The monoisotopic (exact) mass is 394 g/mol. The van der Waals surface area contributed by atoms with Crippen LogP contribution in [0.3, 0.4) is 0 Å². The van der Waals surface area contributed by atoms with Crippen LogP contribution in [-0.4, -0.2) is 19.1 Å². The fourth-order valence-electron chi connectivity index (χ4n) is 5.69. The summed E-state index contributed by atoms with van der Waals surface area (Å²) >= 11 is 0. The molecule has 3 aliphatic carbocycles. The first-order valence-electron chi connectivity index (χ1n) is 9.17. The van der Waals surface area contributed by atoms with E-state index in [0.717, 1.165) is 36.8 Å². The second-order valence-electron chi connectivity index (χ2n) is 8.19. The normalized spacial score (nSPS) is 32.4. The molecule has 8 nitrogen and oxygen atoms in total. The molecule has 0 aliphatic heterocycles. The van der Waals surface area contributed by atoms with Crippen molar-refractivity contribution >= 4 is 21.8 Å². The molecule has 27 heavy (non-hydrogen) atoms. The fraction of sp³-hybridized carbons (Fsp3) is 0.611. The molecule has 1 aromatic rings. The van der Waals surface area contributed by atoms with Crippen LogP contribution >= 0.6 is 0 Å². The molecule has 9 heteroatoms. The molecule has 2 fully saturated rings. The molecule has 1 aromatic carbocycles. The summed E-state index contributed by atoms with van der Waals surface area (Å²) in [6.45, 7) is 2.07. The van der Waals surface area contributed by atoms with E-state index in [1.54, 1.807) is 0 Å². The highest BCUT2D eigenvalue weighted by atomic mass is 32.2. The smallest absolute Gasteiger partial charge is 0.364 e. The van der Waals surface area contributed by atoms with Gasteiger partial charge >= 0.3 is 16.0 Å². The van der Waals surface area contributed by atoms with E-state index in [1.807, 2.05) is 0 Å². The molecule has 0 heterocycles. The van der Waals surface area contributed by atoms with E-state index >= 15 is 0 Å². The molecule has 0 saturated heterocycles. The number of rotatable bonds is 3. The molecule has 4 atom stereocenters. The standard InChI is InChI=1S/C18H22N2O6S/c1-18-7-6-11-12(14(18)4-5-17(18)21)3-2-10-8-16(26-27(19,24)25)15(20(22)23)9-13(10)11/h8-9,11-12,14H,2-7H2,1H3,(H2,19,24,25). The van der Waals surface area contributed by atoms with Gasteiger partial charge in [-0.1, -0.05) is 6.92 Å². The van der Waals surface area contributed by atoms with Crippen LogP contribution in [0.5, 0.6) is 5.75 Å². The molecule has 2 N–H and O–H groups in total. The Morgan fingerprint density at radius 2 is 2.00 bits per heavy atom. The van der Waals surface area contributed by atoms with Gasteiger partial charge in [0.1, 0.15) is 5.78 Å². The predicted molar refractivity (Wildman–Crippen MR) is 96.5 cm³/mol. The van der Waals surface area contributed by atoms with Crippen molar-refractivity contribution in [1.29, 1.82) is 0 Å². The van der Waals surface area contributed by atoms with E-state index in [2.05, 4.69) is 11.1 Å². The molecule has 0 aromatic heterocycles. The lowest BCUT2D eigenvalue weighted by molar-refractivity contribution is -0.385. The van der Waals surface area contributed by atoms with E-state index < -0.39 is 15.2 Å². The minimum Gasteiger partial charge on any atom is -0.364 e. The number of carbonyl (C=O) groups excluding carboxylic acids is 1. The van der Waals surface area contributed by atoms with Crippen LogP contribution < -0.4 is 9.32 Å². The Balaban J connectivity index is 1.75. The first kappa shape index (κ1) is 18.4. The van der Waals surface area contributed by atoms with Gasteiger partial charge in [0.15, 0.2) is 0 Å². The van der Waals surface area contributed by atoms with Crippen LogP contribution in [0.2, 0.25) is 0 Å². The summed E-state index contributed by atoms with van der Waals surface area (Å²) in [5, 5.41) is 16.4. The predicted octanol–water partition coefficient (Wildman–Crippen LogP) is 2.60. The number of carbonyl (C=O) groups is 1. The van der Waals surface area contributed by atoms with Gasteiger partial charge in [0.2, 0.25) is 5.75 Å². The summed E-state index contributed by atoms with van der Waals surface area (Å²) < 4.78 is 27.2. The van der Waals surface area contributed by atoms with E-state index in [0.29, 0.717) is 30.5 Å². The Kier molecular flexibility index (Phi) is 4.08. The Bertz CT molecular complexity index is 943. The van der Waals surface area contributed by atoms with Gasteiger partial charge in [-0.3, -0.25) is 14.9 Å². The maximum Gasteiger partial charge on any atom is 0.380 e. The lowest BCUT2D eigenvalue weighted by Gasteiger charge is -2.48.